The van der Waals surface area contributed by atoms with Gasteiger partial charge in [-0.25, -0.2) is 4.79 Å². The molecule has 29 heavy (non-hydrogen) atoms. The molecule has 2 aromatic carbocycles. The molecule has 2 rings (SSSR count). The van der Waals surface area contributed by atoms with Crippen LogP contribution in [-0.4, -0.2) is 33.2 Å². The van der Waals surface area contributed by atoms with E-state index in [-0.39, 0.29) is 23.8 Å². The number of phenolic OH excluding ortho intramolecular Hbond substituents is 2. The first-order chi connectivity index (χ1) is 13.6. The molecule has 0 spiro atoms. The Hall–Kier alpha value is -0.830. The van der Waals surface area contributed by atoms with Crippen LogP contribution in [0.5, 0.6) is 11.5 Å². The minimum atomic E-state index is -1.11. The molecular weight excluding hydrogens is 715 g/mol. The number of hydrogen-bond donors (Lipinski definition) is 4. The maximum absolute atomic E-state index is 12.8. The second-order valence-corrected chi connectivity index (χ2v) is 9.96. The average molecular weight is 735 g/mol. The van der Waals surface area contributed by atoms with E-state index in [1.54, 1.807) is 12.1 Å². The van der Waals surface area contributed by atoms with Gasteiger partial charge in [0.25, 0.3) is 0 Å². The molecule has 0 aliphatic carbocycles. The van der Waals surface area contributed by atoms with Gasteiger partial charge < -0.3 is 20.6 Å². The quantitative estimate of drug-likeness (QED) is 0.303. The number of carbonyl (C=O) groups excluding carboxylic acids is 1. The van der Waals surface area contributed by atoms with Crippen LogP contribution in [0.1, 0.15) is 24.5 Å². The number of rotatable bonds is 8. The van der Waals surface area contributed by atoms with Crippen LogP contribution in [0.4, 0.5) is 0 Å². The third kappa shape index (κ3) is 6.57. The van der Waals surface area contributed by atoms with Gasteiger partial charge in [0.1, 0.15) is 17.5 Å². The monoisotopic (exact) mass is 735 g/mol. The Bertz CT molecular complexity index is 902. The van der Waals surface area contributed by atoms with Crippen LogP contribution in [0.2, 0.25) is 0 Å². The number of nitrogens with one attached hydrogen (secondary N) is 1. The van der Waals surface area contributed by atoms with Crippen LogP contribution >= 0.6 is 67.8 Å². The highest BCUT2D eigenvalue weighted by atomic mass is 127. The summed E-state index contributed by atoms with van der Waals surface area (Å²) in [6.45, 7) is 1.88. The van der Waals surface area contributed by atoms with Crippen molar-refractivity contribution in [1.29, 1.82) is 0 Å². The Balaban J connectivity index is 2.16. The van der Waals surface area contributed by atoms with E-state index in [4.69, 9.17) is 0 Å². The molecule has 0 aliphatic rings. The van der Waals surface area contributed by atoms with Gasteiger partial charge in [0.15, 0.2) is 0 Å². The van der Waals surface area contributed by atoms with E-state index in [9.17, 15) is 24.9 Å². The number of phenols is 2. The van der Waals surface area contributed by atoms with Crippen molar-refractivity contribution in [2.75, 3.05) is 0 Å². The molecule has 6 nitrogen and oxygen atoms in total. The van der Waals surface area contributed by atoms with Crippen molar-refractivity contribution in [3.63, 3.8) is 0 Å². The Morgan fingerprint density at radius 2 is 1.66 bits per heavy atom. The molecule has 1 amide bonds. The smallest absolute Gasteiger partial charge is 0.326 e. The lowest BCUT2D eigenvalue weighted by atomic mass is 9.95. The predicted octanol–water partition coefficient (Wildman–Crippen LogP) is 4.29. The summed E-state index contributed by atoms with van der Waals surface area (Å²) in [7, 11) is 0. The van der Waals surface area contributed by atoms with Gasteiger partial charge in [-0.3, -0.25) is 4.79 Å². The highest BCUT2D eigenvalue weighted by molar-refractivity contribution is 14.1. The van der Waals surface area contributed by atoms with Gasteiger partial charge >= 0.3 is 5.97 Å². The van der Waals surface area contributed by atoms with E-state index < -0.39 is 17.9 Å². The van der Waals surface area contributed by atoms with Gasteiger partial charge in [-0.05, 0) is 110 Å². The fourth-order valence-electron chi connectivity index (χ4n) is 2.83. The van der Waals surface area contributed by atoms with Gasteiger partial charge in [-0.2, -0.15) is 0 Å². The normalized spacial score (nSPS) is 13.0. The lowest BCUT2D eigenvalue weighted by Crippen LogP contribution is -2.45. The molecule has 9 heteroatoms. The minimum absolute atomic E-state index is 0.0979. The van der Waals surface area contributed by atoms with Crippen molar-refractivity contribution in [3.05, 3.63) is 52.2 Å². The number of hydrogen-bond acceptors (Lipinski definition) is 4. The largest absolute Gasteiger partial charge is 0.508 e. The van der Waals surface area contributed by atoms with Gasteiger partial charge in [0.05, 0.1) is 7.14 Å². The van der Waals surface area contributed by atoms with Gasteiger partial charge in [0, 0.05) is 15.9 Å². The van der Waals surface area contributed by atoms with Gasteiger partial charge in [0.2, 0.25) is 5.91 Å². The maximum atomic E-state index is 12.8. The Morgan fingerprint density at radius 1 is 1.03 bits per heavy atom. The maximum Gasteiger partial charge on any atom is 0.326 e. The van der Waals surface area contributed by atoms with Gasteiger partial charge in [-0.15, -0.1) is 0 Å². The van der Waals surface area contributed by atoms with Crippen LogP contribution in [0, 0.1) is 16.6 Å². The summed E-state index contributed by atoms with van der Waals surface area (Å²) < 4.78 is 2.42. The zero-order valence-electron chi connectivity index (χ0n) is 15.5. The van der Waals surface area contributed by atoms with E-state index in [0.717, 1.165) is 12.7 Å². The second-order valence-electron chi connectivity index (χ2n) is 6.56. The molecule has 0 radical (unpaired) electrons. The molecular formula is C20H20I3NO5. The minimum Gasteiger partial charge on any atom is -0.508 e. The predicted molar refractivity (Wildman–Crippen MR) is 135 cm³/mol. The van der Waals surface area contributed by atoms with Crippen LogP contribution in [0.15, 0.2) is 30.3 Å². The molecule has 0 saturated heterocycles. The van der Waals surface area contributed by atoms with Crippen LogP contribution in [0.3, 0.4) is 0 Å². The number of amides is 1. The molecule has 0 aliphatic heterocycles. The number of aliphatic carboxylic acids is 1. The standard InChI is InChI=1S/C20H20I3NO5/c1-2-11(8-13-14(21)9-15(22)18(26)17(13)23)19(27)24-16(20(28)29)7-10-3-5-12(25)6-4-10/h3-6,9,11,16,25-26H,2,7-8H2,1H3,(H,24,27)(H,28,29)/t11-,16-/m0/s1. The Morgan fingerprint density at radius 3 is 2.21 bits per heavy atom. The molecule has 0 bridgehead atoms. The second kappa shape index (κ2) is 11.0. The summed E-state index contributed by atoms with van der Waals surface area (Å²) in [6, 6.07) is 7.03. The summed E-state index contributed by atoms with van der Waals surface area (Å²) in [4.78, 5) is 24.5. The highest BCUT2D eigenvalue weighted by Crippen LogP contribution is 2.34. The Labute approximate surface area is 209 Å². The third-order valence-electron chi connectivity index (χ3n) is 4.55. The van der Waals surface area contributed by atoms with Crippen molar-refractivity contribution < 1.29 is 24.9 Å². The van der Waals surface area contributed by atoms with Crippen LogP contribution < -0.4 is 5.32 Å². The molecule has 0 aromatic heterocycles. The molecule has 0 heterocycles. The first kappa shape index (κ1) is 24.4. The highest BCUT2D eigenvalue weighted by Gasteiger charge is 2.26. The summed E-state index contributed by atoms with van der Waals surface area (Å²) in [5.41, 5.74) is 1.59. The molecule has 2 atom stereocenters. The van der Waals surface area contributed by atoms with E-state index in [2.05, 4.69) is 73.1 Å². The number of carboxylic acids is 1. The van der Waals surface area contributed by atoms with E-state index in [1.807, 2.05) is 13.0 Å². The van der Waals surface area contributed by atoms with Crippen LogP contribution in [0.25, 0.3) is 0 Å². The molecule has 0 saturated carbocycles. The number of carbonyl (C=O) groups is 2. The summed E-state index contributed by atoms with van der Waals surface area (Å²) in [5, 5.41) is 31.8. The number of halogens is 3. The number of benzene rings is 2. The zero-order chi connectivity index (χ0) is 21.7. The lowest BCUT2D eigenvalue weighted by molar-refractivity contribution is -0.142. The van der Waals surface area contributed by atoms with E-state index in [0.29, 0.717) is 22.0 Å². The average Bonchev–Trinajstić information content (AvgIpc) is 2.67. The topological polar surface area (TPSA) is 107 Å². The van der Waals surface area contributed by atoms with Crippen LogP contribution in [-0.2, 0) is 22.4 Å². The molecule has 4 N–H and O–H groups in total. The van der Waals surface area contributed by atoms with Gasteiger partial charge in [-0.1, -0.05) is 19.1 Å². The molecule has 0 unspecified atom stereocenters. The van der Waals surface area contributed by atoms with Crippen molar-refractivity contribution in [2.45, 2.75) is 32.2 Å². The van der Waals surface area contributed by atoms with E-state index in [1.165, 1.54) is 12.1 Å². The lowest BCUT2D eigenvalue weighted by Gasteiger charge is -2.21. The SMILES string of the molecule is CC[C@@H](Cc1c(I)cc(I)c(O)c1I)C(=O)N[C@@H](Cc1ccc(O)cc1)C(=O)O. The van der Waals surface area contributed by atoms with E-state index >= 15 is 0 Å². The first-order valence-electron chi connectivity index (χ1n) is 8.80. The zero-order valence-corrected chi connectivity index (χ0v) is 21.9. The fourth-order valence-corrected chi connectivity index (χ4v) is 6.64. The summed E-state index contributed by atoms with van der Waals surface area (Å²) in [5.74, 6) is -1.56. The third-order valence-corrected chi connectivity index (χ3v) is 7.49. The summed E-state index contributed by atoms with van der Waals surface area (Å²) >= 11 is 6.33. The van der Waals surface area contributed by atoms with Crippen molar-refractivity contribution in [2.24, 2.45) is 5.92 Å². The summed E-state index contributed by atoms with van der Waals surface area (Å²) in [6.07, 6.45) is 1.07. The van der Waals surface area contributed by atoms with Crippen molar-refractivity contribution in [1.82, 2.24) is 5.32 Å². The number of carboxylic acid groups (broad SMARTS) is 1. The molecule has 156 valence electrons. The fraction of sp³-hybridized carbons (Fsp3) is 0.300. The molecule has 2 aromatic rings. The Kier molecular flexibility index (Phi) is 9.25. The first-order valence-corrected chi connectivity index (χ1v) is 12.0. The van der Waals surface area contributed by atoms with Crippen molar-refractivity contribution >= 4 is 79.6 Å². The number of aromatic hydroxyl groups is 2. The van der Waals surface area contributed by atoms with Crippen molar-refractivity contribution in [3.8, 4) is 11.5 Å². The molecule has 0 fully saturated rings.